The van der Waals surface area contributed by atoms with Gasteiger partial charge in [0.15, 0.2) is 0 Å². The number of fused-ring (bicyclic) bond motifs is 2. The highest BCUT2D eigenvalue weighted by Gasteiger charge is 2.54. The Labute approximate surface area is 149 Å². The molecule has 136 valence electrons. The predicted octanol–water partition coefficient (Wildman–Crippen LogP) is 0.624. The van der Waals surface area contributed by atoms with E-state index in [-0.39, 0.29) is 18.5 Å². The van der Waals surface area contributed by atoms with Crippen LogP contribution in [0.25, 0.3) is 0 Å². The van der Waals surface area contributed by atoms with Gasteiger partial charge in [-0.15, -0.1) is 0 Å². The second-order valence-corrected chi connectivity index (χ2v) is 9.34. The standard InChI is InChI=1S/C18H25N3O3S/c1-25(23,24)19-11-16(22)21-12-15(13-5-3-2-4-6-13)18-17(21)14-7-9-20(18)10-8-14/h2-6,14-15,17-19H,7-12H2,1H3/t15-,17+,18+/m1/s1. The second kappa shape index (κ2) is 6.37. The highest BCUT2D eigenvalue weighted by molar-refractivity contribution is 7.88. The molecule has 1 amide bonds. The minimum Gasteiger partial charge on any atom is -0.336 e. The Hall–Kier alpha value is -1.44. The van der Waals surface area contributed by atoms with Gasteiger partial charge in [0, 0.05) is 18.5 Å². The monoisotopic (exact) mass is 363 g/mol. The van der Waals surface area contributed by atoms with Crippen LogP contribution in [0.15, 0.2) is 30.3 Å². The van der Waals surface area contributed by atoms with Gasteiger partial charge in [-0.05, 0) is 37.4 Å². The van der Waals surface area contributed by atoms with Crippen LogP contribution in [0.4, 0.5) is 0 Å². The molecule has 0 saturated carbocycles. The third kappa shape index (κ3) is 3.20. The maximum atomic E-state index is 12.8. The molecule has 4 aliphatic heterocycles. The molecule has 6 nitrogen and oxygen atoms in total. The van der Waals surface area contributed by atoms with Gasteiger partial charge in [-0.3, -0.25) is 9.69 Å². The number of likely N-dealkylation sites (tertiary alicyclic amines) is 1. The molecule has 0 aromatic heterocycles. The number of rotatable bonds is 4. The summed E-state index contributed by atoms with van der Waals surface area (Å²) in [7, 11) is -3.36. The lowest BCUT2D eigenvalue weighted by atomic mass is 9.75. The molecule has 25 heavy (non-hydrogen) atoms. The number of carbonyl (C=O) groups is 1. The van der Waals surface area contributed by atoms with Gasteiger partial charge in [-0.25, -0.2) is 13.1 Å². The smallest absolute Gasteiger partial charge is 0.237 e. The molecule has 2 bridgehead atoms. The van der Waals surface area contributed by atoms with Crippen molar-refractivity contribution in [3.8, 4) is 0 Å². The van der Waals surface area contributed by atoms with Crippen LogP contribution in [-0.2, 0) is 14.8 Å². The number of hydrogen-bond donors (Lipinski definition) is 1. The van der Waals surface area contributed by atoms with E-state index in [1.165, 1.54) is 5.56 Å². The van der Waals surface area contributed by atoms with Gasteiger partial charge in [-0.2, -0.15) is 0 Å². The number of sulfonamides is 1. The summed E-state index contributed by atoms with van der Waals surface area (Å²) in [6, 6.07) is 11.0. The topological polar surface area (TPSA) is 69.7 Å². The van der Waals surface area contributed by atoms with E-state index in [0.29, 0.717) is 24.4 Å². The Bertz CT molecular complexity index is 744. The average Bonchev–Trinajstić information content (AvgIpc) is 3.04. The minimum atomic E-state index is -3.36. The largest absolute Gasteiger partial charge is 0.336 e. The number of hydrogen-bond acceptors (Lipinski definition) is 4. The summed E-state index contributed by atoms with van der Waals surface area (Å²) >= 11 is 0. The first-order valence-corrected chi connectivity index (χ1v) is 10.9. The molecule has 0 radical (unpaired) electrons. The highest BCUT2D eigenvalue weighted by Crippen LogP contribution is 2.46. The summed E-state index contributed by atoms with van der Waals surface area (Å²) in [6.45, 7) is 2.75. The third-order valence-corrected chi connectivity index (χ3v) is 6.70. The van der Waals surface area contributed by atoms with Crippen molar-refractivity contribution in [2.45, 2.75) is 30.8 Å². The van der Waals surface area contributed by atoms with Crippen LogP contribution in [0.3, 0.4) is 0 Å². The zero-order chi connectivity index (χ0) is 17.6. The molecule has 5 rings (SSSR count). The number of benzene rings is 1. The lowest BCUT2D eigenvalue weighted by Gasteiger charge is -2.51. The minimum absolute atomic E-state index is 0.104. The fourth-order valence-electron chi connectivity index (χ4n) is 4.99. The average molecular weight is 363 g/mol. The molecule has 4 saturated heterocycles. The van der Waals surface area contributed by atoms with Crippen molar-refractivity contribution in [1.82, 2.24) is 14.5 Å². The van der Waals surface area contributed by atoms with Crippen LogP contribution in [0, 0.1) is 5.92 Å². The van der Waals surface area contributed by atoms with Gasteiger partial charge in [0.2, 0.25) is 15.9 Å². The van der Waals surface area contributed by atoms with Crippen molar-refractivity contribution in [3.05, 3.63) is 35.9 Å². The van der Waals surface area contributed by atoms with Crippen molar-refractivity contribution in [2.75, 3.05) is 32.4 Å². The van der Waals surface area contributed by atoms with Crippen LogP contribution >= 0.6 is 0 Å². The van der Waals surface area contributed by atoms with E-state index in [2.05, 4.69) is 33.9 Å². The van der Waals surface area contributed by atoms with Gasteiger partial charge in [0.1, 0.15) is 0 Å². The first-order chi connectivity index (χ1) is 11.9. The zero-order valence-electron chi connectivity index (χ0n) is 14.5. The molecule has 0 aliphatic carbocycles. The SMILES string of the molecule is CS(=O)(=O)NCC(=O)N1C[C@H](c2ccccc2)[C@H]2[C@@H]1C1CCN2CC1. The van der Waals surface area contributed by atoms with E-state index in [1.54, 1.807) is 0 Å². The summed E-state index contributed by atoms with van der Waals surface area (Å²) in [5, 5.41) is 0. The zero-order valence-corrected chi connectivity index (χ0v) is 15.3. The highest BCUT2D eigenvalue weighted by atomic mass is 32.2. The molecular formula is C18H25N3O3S. The second-order valence-electron chi connectivity index (χ2n) is 7.51. The van der Waals surface area contributed by atoms with Crippen LogP contribution in [0.2, 0.25) is 0 Å². The molecule has 1 N–H and O–H groups in total. The van der Waals surface area contributed by atoms with Crippen LogP contribution in [-0.4, -0.2) is 68.6 Å². The Morgan fingerprint density at radius 2 is 1.84 bits per heavy atom. The number of amides is 1. The number of piperidine rings is 3. The molecule has 1 aromatic rings. The molecular weight excluding hydrogens is 338 g/mol. The van der Waals surface area contributed by atoms with Crippen molar-refractivity contribution >= 4 is 15.9 Å². The fourth-order valence-corrected chi connectivity index (χ4v) is 5.38. The van der Waals surface area contributed by atoms with E-state index < -0.39 is 10.0 Å². The van der Waals surface area contributed by atoms with Gasteiger partial charge < -0.3 is 4.90 Å². The first kappa shape index (κ1) is 17.0. The van der Waals surface area contributed by atoms with Gasteiger partial charge >= 0.3 is 0 Å². The third-order valence-electron chi connectivity index (χ3n) is 6.03. The first-order valence-electron chi connectivity index (χ1n) is 8.97. The van der Waals surface area contributed by atoms with Gasteiger partial charge in [0.05, 0.1) is 18.8 Å². The Morgan fingerprint density at radius 1 is 1.16 bits per heavy atom. The normalized spacial score (nSPS) is 34.1. The fraction of sp³-hybridized carbons (Fsp3) is 0.611. The Kier molecular flexibility index (Phi) is 4.33. The van der Waals surface area contributed by atoms with Crippen molar-refractivity contribution in [2.24, 2.45) is 5.92 Å². The molecule has 4 heterocycles. The summed E-state index contributed by atoms with van der Waals surface area (Å²) in [6.07, 6.45) is 3.35. The molecule has 3 atom stereocenters. The lowest BCUT2D eigenvalue weighted by molar-refractivity contribution is -0.134. The van der Waals surface area contributed by atoms with Gasteiger partial charge in [-0.1, -0.05) is 30.3 Å². The quantitative estimate of drug-likeness (QED) is 0.852. The van der Waals surface area contributed by atoms with Crippen LogP contribution < -0.4 is 4.72 Å². The molecule has 4 aliphatic rings. The molecule has 1 aromatic carbocycles. The van der Waals surface area contributed by atoms with E-state index >= 15 is 0 Å². The maximum Gasteiger partial charge on any atom is 0.237 e. The lowest BCUT2D eigenvalue weighted by Crippen LogP contribution is -2.61. The van der Waals surface area contributed by atoms with Crippen molar-refractivity contribution in [1.29, 1.82) is 0 Å². The van der Waals surface area contributed by atoms with Gasteiger partial charge in [0.25, 0.3) is 0 Å². The summed E-state index contributed by atoms with van der Waals surface area (Å²) in [4.78, 5) is 17.3. The number of nitrogens with one attached hydrogen (secondary N) is 1. The van der Waals surface area contributed by atoms with Crippen LogP contribution in [0.1, 0.15) is 24.3 Å². The summed E-state index contributed by atoms with van der Waals surface area (Å²) < 4.78 is 25.1. The number of carbonyl (C=O) groups excluding carboxylic acids is 1. The van der Waals surface area contributed by atoms with E-state index in [9.17, 15) is 13.2 Å². The summed E-state index contributed by atoms with van der Waals surface area (Å²) in [5.41, 5.74) is 1.27. The predicted molar refractivity (Wildman–Crippen MR) is 95.6 cm³/mol. The van der Waals surface area contributed by atoms with E-state index in [1.807, 2.05) is 11.0 Å². The van der Waals surface area contributed by atoms with Crippen molar-refractivity contribution < 1.29 is 13.2 Å². The Morgan fingerprint density at radius 3 is 2.48 bits per heavy atom. The van der Waals surface area contributed by atoms with Crippen LogP contribution in [0.5, 0.6) is 0 Å². The summed E-state index contributed by atoms with van der Waals surface area (Å²) in [5.74, 6) is 0.731. The van der Waals surface area contributed by atoms with E-state index in [4.69, 9.17) is 0 Å². The molecule has 4 fully saturated rings. The van der Waals surface area contributed by atoms with E-state index in [0.717, 1.165) is 32.2 Å². The molecule has 0 unspecified atom stereocenters. The maximum absolute atomic E-state index is 12.8. The molecule has 7 heteroatoms. The van der Waals surface area contributed by atoms with Crippen molar-refractivity contribution in [3.63, 3.8) is 0 Å². The Balaban J connectivity index is 1.61. The number of nitrogens with zero attached hydrogens (tertiary/aromatic N) is 2. The molecule has 0 spiro atoms.